The predicted molar refractivity (Wildman–Crippen MR) is 109 cm³/mol. The highest BCUT2D eigenvalue weighted by Crippen LogP contribution is 2.32. The average Bonchev–Trinajstić information content (AvgIpc) is 2.98. The molecule has 2 heterocycles. The van der Waals surface area contributed by atoms with Gasteiger partial charge in [-0.3, -0.25) is 19.4 Å². The van der Waals surface area contributed by atoms with Crippen LogP contribution in [0.15, 0.2) is 59.5 Å². The van der Waals surface area contributed by atoms with Crippen LogP contribution in [-0.2, 0) is 4.79 Å². The van der Waals surface area contributed by atoms with E-state index in [2.05, 4.69) is 21.9 Å². The zero-order valence-electron chi connectivity index (χ0n) is 15.3. The zero-order valence-corrected chi connectivity index (χ0v) is 16.1. The van der Waals surface area contributed by atoms with Gasteiger partial charge in [0.15, 0.2) is 0 Å². The second-order valence-electron chi connectivity index (χ2n) is 6.71. The van der Waals surface area contributed by atoms with E-state index in [9.17, 15) is 14.0 Å². The standard InChI is InChI=1S/C21H20FN3O2S/c22-18-9-5-4-6-16(18)14-19-20(26)25(21(27)28-19)15-23-10-12-24(13-11-23)17-7-2-1-3-8-17/h1-9,14H,10-13,15H2. The van der Waals surface area contributed by atoms with Crippen LogP contribution in [0.1, 0.15) is 5.56 Å². The third kappa shape index (κ3) is 3.95. The van der Waals surface area contributed by atoms with Gasteiger partial charge in [0.2, 0.25) is 0 Å². The van der Waals surface area contributed by atoms with Crippen molar-refractivity contribution in [1.82, 2.24) is 9.80 Å². The summed E-state index contributed by atoms with van der Waals surface area (Å²) in [7, 11) is 0. The smallest absolute Gasteiger partial charge is 0.294 e. The van der Waals surface area contributed by atoms with Gasteiger partial charge in [-0.15, -0.1) is 0 Å². The predicted octanol–water partition coefficient (Wildman–Crippen LogP) is 3.64. The molecule has 2 fully saturated rings. The van der Waals surface area contributed by atoms with Crippen molar-refractivity contribution < 1.29 is 14.0 Å². The van der Waals surface area contributed by atoms with Crippen LogP contribution in [0.2, 0.25) is 0 Å². The van der Waals surface area contributed by atoms with Crippen molar-refractivity contribution in [3.05, 3.63) is 70.9 Å². The number of para-hydroxylation sites is 1. The topological polar surface area (TPSA) is 43.9 Å². The number of hydrogen-bond acceptors (Lipinski definition) is 5. The van der Waals surface area contributed by atoms with Crippen LogP contribution in [0.5, 0.6) is 0 Å². The Hall–Kier alpha value is -2.64. The number of carbonyl (C=O) groups excluding carboxylic acids is 2. The maximum absolute atomic E-state index is 13.8. The van der Waals surface area contributed by atoms with E-state index < -0.39 is 5.82 Å². The minimum atomic E-state index is -0.411. The fourth-order valence-electron chi connectivity index (χ4n) is 3.34. The van der Waals surface area contributed by atoms with Crippen molar-refractivity contribution in [3.8, 4) is 0 Å². The van der Waals surface area contributed by atoms with Crippen LogP contribution in [0.25, 0.3) is 6.08 Å². The molecule has 144 valence electrons. The lowest BCUT2D eigenvalue weighted by Gasteiger charge is -2.37. The second-order valence-corrected chi connectivity index (χ2v) is 7.71. The van der Waals surface area contributed by atoms with Gasteiger partial charge >= 0.3 is 0 Å². The van der Waals surface area contributed by atoms with E-state index in [0.29, 0.717) is 5.56 Å². The summed E-state index contributed by atoms with van der Waals surface area (Å²) in [5, 5.41) is -0.307. The van der Waals surface area contributed by atoms with E-state index >= 15 is 0 Å². The van der Waals surface area contributed by atoms with Gasteiger partial charge in [0.1, 0.15) is 5.82 Å². The Morgan fingerprint density at radius 3 is 2.32 bits per heavy atom. The molecule has 2 amide bonds. The van der Waals surface area contributed by atoms with Gasteiger partial charge in [-0.25, -0.2) is 4.39 Å². The molecule has 0 radical (unpaired) electrons. The van der Waals surface area contributed by atoms with Crippen molar-refractivity contribution in [3.63, 3.8) is 0 Å². The zero-order chi connectivity index (χ0) is 19.5. The Balaban J connectivity index is 1.39. The molecule has 2 saturated heterocycles. The molecule has 2 aliphatic rings. The number of amides is 2. The summed E-state index contributed by atoms with van der Waals surface area (Å²) in [4.78, 5) is 30.9. The van der Waals surface area contributed by atoms with Gasteiger partial charge in [-0.1, -0.05) is 36.4 Å². The Morgan fingerprint density at radius 1 is 0.929 bits per heavy atom. The van der Waals surface area contributed by atoms with Crippen LogP contribution in [-0.4, -0.2) is 53.8 Å². The number of halogens is 1. The molecular formula is C21H20FN3O2S. The fourth-order valence-corrected chi connectivity index (χ4v) is 4.16. The van der Waals surface area contributed by atoms with E-state index in [0.717, 1.165) is 37.9 Å². The molecule has 0 saturated carbocycles. The lowest BCUT2D eigenvalue weighted by atomic mass is 10.2. The maximum atomic E-state index is 13.8. The molecule has 0 N–H and O–H groups in total. The van der Waals surface area contributed by atoms with Crippen molar-refractivity contribution in [2.24, 2.45) is 0 Å². The number of piperazine rings is 1. The second kappa shape index (κ2) is 8.16. The van der Waals surface area contributed by atoms with E-state index in [-0.39, 0.29) is 22.7 Å². The number of benzene rings is 2. The molecule has 0 bridgehead atoms. The fraction of sp³-hybridized carbons (Fsp3) is 0.238. The van der Waals surface area contributed by atoms with Gasteiger partial charge in [-0.05, 0) is 36.0 Å². The maximum Gasteiger partial charge on any atom is 0.294 e. The number of rotatable bonds is 4. The molecule has 0 unspecified atom stereocenters. The van der Waals surface area contributed by atoms with E-state index in [1.54, 1.807) is 18.2 Å². The van der Waals surface area contributed by atoms with Crippen molar-refractivity contribution in [1.29, 1.82) is 0 Å². The Morgan fingerprint density at radius 2 is 1.61 bits per heavy atom. The molecule has 4 rings (SSSR count). The SMILES string of the molecule is O=C1SC(=Cc2ccccc2F)C(=O)N1CN1CCN(c2ccccc2)CC1. The number of thioether (sulfide) groups is 1. The van der Waals surface area contributed by atoms with Gasteiger partial charge in [0, 0.05) is 37.4 Å². The van der Waals surface area contributed by atoms with Crippen molar-refractivity contribution in [2.75, 3.05) is 37.7 Å². The first-order chi connectivity index (χ1) is 13.6. The molecular weight excluding hydrogens is 377 g/mol. The minimum Gasteiger partial charge on any atom is -0.369 e. The number of nitrogens with zero attached hydrogens (tertiary/aromatic N) is 3. The Kier molecular flexibility index (Phi) is 5.45. The summed E-state index contributed by atoms with van der Waals surface area (Å²) < 4.78 is 13.8. The van der Waals surface area contributed by atoms with Crippen LogP contribution >= 0.6 is 11.8 Å². The first-order valence-corrected chi connectivity index (χ1v) is 9.96. The molecule has 0 aliphatic carbocycles. The van der Waals surface area contributed by atoms with E-state index in [1.165, 1.54) is 22.7 Å². The highest BCUT2D eigenvalue weighted by molar-refractivity contribution is 8.18. The molecule has 7 heteroatoms. The molecule has 0 spiro atoms. The van der Waals surface area contributed by atoms with Gasteiger partial charge < -0.3 is 4.90 Å². The lowest BCUT2D eigenvalue weighted by molar-refractivity contribution is -0.124. The highest BCUT2D eigenvalue weighted by atomic mass is 32.2. The largest absolute Gasteiger partial charge is 0.369 e. The quantitative estimate of drug-likeness (QED) is 0.737. The van der Waals surface area contributed by atoms with Crippen LogP contribution in [0.4, 0.5) is 14.9 Å². The summed E-state index contributed by atoms with van der Waals surface area (Å²) in [5.74, 6) is -0.768. The molecule has 5 nitrogen and oxygen atoms in total. The molecule has 0 atom stereocenters. The lowest BCUT2D eigenvalue weighted by Crippen LogP contribution is -2.50. The van der Waals surface area contributed by atoms with Crippen molar-refractivity contribution >= 4 is 34.7 Å². The molecule has 2 aromatic rings. The first-order valence-electron chi connectivity index (χ1n) is 9.14. The summed E-state index contributed by atoms with van der Waals surface area (Å²) in [6.07, 6.45) is 1.45. The summed E-state index contributed by atoms with van der Waals surface area (Å²) in [5.41, 5.74) is 1.49. The van der Waals surface area contributed by atoms with Gasteiger partial charge in [0.25, 0.3) is 11.1 Å². The molecule has 2 aromatic carbocycles. The van der Waals surface area contributed by atoms with Gasteiger partial charge in [-0.2, -0.15) is 0 Å². The van der Waals surface area contributed by atoms with E-state index in [1.807, 2.05) is 18.2 Å². The van der Waals surface area contributed by atoms with Crippen LogP contribution < -0.4 is 4.90 Å². The van der Waals surface area contributed by atoms with E-state index in [4.69, 9.17) is 0 Å². The summed E-state index contributed by atoms with van der Waals surface area (Å²) >= 11 is 0.866. The summed E-state index contributed by atoms with van der Waals surface area (Å²) in [6.45, 7) is 3.48. The number of hydrogen-bond donors (Lipinski definition) is 0. The van der Waals surface area contributed by atoms with Crippen LogP contribution in [0, 0.1) is 5.82 Å². The number of imide groups is 1. The van der Waals surface area contributed by atoms with Crippen LogP contribution in [0.3, 0.4) is 0 Å². The third-order valence-electron chi connectivity index (χ3n) is 4.90. The molecule has 2 aliphatic heterocycles. The molecule has 28 heavy (non-hydrogen) atoms. The minimum absolute atomic E-state index is 0.262. The monoisotopic (exact) mass is 397 g/mol. The van der Waals surface area contributed by atoms with Crippen molar-refractivity contribution in [2.45, 2.75) is 0 Å². The molecule has 0 aromatic heterocycles. The Labute approximate surface area is 167 Å². The third-order valence-corrected chi connectivity index (χ3v) is 5.81. The number of carbonyl (C=O) groups is 2. The summed E-state index contributed by atoms with van der Waals surface area (Å²) in [6, 6.07) is 16.4. The highest BCUT2D eigenvalue weighted by Gasteiger charge is 2.36. The average molecular weight is 397 g/mol. The normalized spacial score (nSPS) is 19.7. The number of anilines is 1. The van der Waals surface area contributed by atoms with Gasteiger partial charge in [0.05, 0.1) is 11.6 Å². The Bertz CT molecular complexity index is 911. The first kappa shape index (κ1) is 18.7.